The molecule has 0 unspecified atom stereocenters. The minimum atomic E-state index is -1.17. The molecule has 7 nitrogen and oxygen atoms in total. The number of aromatic nitrogens is 4. The molecule has 2 aromatic rings. The van der Waals surface area contributed by atoms with Gasteiger partial charge in [0.1, 0.15) is 12.0 Å². The van der Waals surface area contributed by atoms with Gasteiger partial charge in [-0.3, -0.25) is 9.89 Å². The molecule has 0 amide bonds. The summed E-state index contributed by atoms with van der Waals surface area (Å²) < 4.78 is 1.18. The fourth-order valence-corrected chi connectivity index (χ4v) is 1.26. The molecule has 2 heterocycles. The fraction of sp³-hybridized carbons (Fsp3) is 0.111. The SMILES string of the molecule is O=C(O)c1cc(=O)n(Cc2cncnc2)[nH]1. The standard InChI is InChI=1S/C9H8N4O3/c14-8-1-7(9(15)16)12-13(8)4-6-2-10-5-11-3-6/h1-3,5,12H,4H2,(H,15,16). The average molecular weight is 220 g/mol. The summed E-state index contributed by atoms with van der Waals surface area (Å²) in [6, 6.07) is 1.03. The number of H-pyrrole nitrogens is 1. The third kappa shape index (κ3) is 1.97. The second-order valence-corrected chi connectivity index (χ2v) is 3.15. The molecule has 16 heavy (non-hydrogen) atoms. The van der Waals surface area contributed by atoms with Gasteiger partial charge in [0, 0.05) is 24.0 Å². The summed E-state index contributed by atoms with van der Waals surface area (Å²) in [5, 5.41) is 11.2. The molecule has 0 saturated carbocycles. The minimum Gasteiger partial charge on any atom is -0.477 e. The fourth-order valence-electron chi connectivity index (χ4n) is 1.26. The predicted molar refractivity (Wildman–Crippen MR) is 53.1 cm³/mol. The number of rotatable bonds is 3. The van der Waals surface area contributed by atoms with Crippen LogP contribution in [0.25, 0.3) is 0 Å². The highest BCUT2D eigenvalue weighted by molar-refractivity contribution is 5.84. The second-order valence-electron chi connectivity index (χ2n) is 3.15. The Kier molecular flexibility index (Phi) is 2.50. The summed E-state index contributed by atoms with van der Waals surface area (Å²) in [4.78, 5) is 29.6. The van der Waals surface area contributed by atoms with Crippen molar-refractivity contribution in [1.82, 2.24) is 19.7 Å². The maximum Gasteiger partial charge on any atom is 0.353 e. The van der Waals surface area contributed by atoms with Crippen molar-refractivity contribution in [3.8, 4) is 0 Å². The van der Waals surface area contributed by atoms with Gasteiger partial charge in [0.25, 0.3) is 5.56 Å². The molecule has 0 bridgehead atoms. The van der Waals surface area contributed by atoms with Gasteiger partial charge in [0.2, 0.25) is 0 Å². The molecule has 7 heteroatoms. The highest BCUT2D eigenvalue weighted by Gasteiger charge is 2.09. The van der Waals surface area contributed by atoms with Crippen molar-refractivity contribution in [3.63, 3.8) is 0 Å². The molecule has 82 valence electrons. The summed E-state index contributed by atoms with van der Waals surface area (Å²) in [5.41, 5.74) is 0.173. The normalized spacial score (nSPS) is 10.2. The largest absolute Gasteiger partial charge is 0.477 e. The first-order chi connectivity index (χ1) is 7.66. The summed E-state index contributed by atoms with van der Waals surface area (Å²) in [5.74, 6) is -1.17. The quantitative estimate of drug-likeness (QED) is 0.740. The lowest BCUT2D eigenvalue weighted by molar-refractivity contribution is 0.0689. The molecule has 0 spiro atoms. The van der Waals surface area contributed by atoms with Crippen molar-refractivity contribution in [2.45, 2.75) is 6.54 Å². The van der Waals surface area contributed by atoms with Crippen LogP contribution in [0, 0.1) is 0 Å². The molecule has 0 saturated heterocycles. The van der Waals surface area contributed by atoms with Gasteiger partial charge in [0.15, 0.2) is 0 Å². The lowest BCUT2D eigenvalue weighted by atomic mass is 10.3. The van der Waals surface area contributed by atoms with Crippen LogP contribution in [0.2, 0.25) is 0 Å². The van der Waals surface area contributed by atoms with Crippen LogP contribution in [0.15, 0.2) is 29.6 Å². The molecule has 2 N–H and O–H groups in total. The number of aromatic amines is 1. The van der Waals surface area contributed by atoms with Crippen LogP contribution < -0.4 is 5.56 Å². The molecule has 0 radical (unpaired) electrons. The zero-order valence-electron chi connectivity index (χ0n) is 8.12. The summed E-state index contributed by atoms with van der Waals surface area (Å²) in [7, 11) is 0. The number of nitrogens with one attached hydrogen (secondary N) is 1. The summed E-state index contributed by atoms with van der Waals surface area (Å²) >= 11 is 0. The van der Waals surface area contributed by atoms with Crippen LogP contribution in [-0.4, -0.2) is 30.8 Å². The van der Waals surface area contributed by atoms with Gasteiger partial charge in [-0.1, -0.05) is 0 Å². The van der Waals surface area contributed by atoms with Gasteiger partial charge in [-0.25, -0.2) is 19.4 Å². The molecule has 0 aromatic carbocycles. The van der Waals surface area contributed by atoms with Crippen LogP contribution >= 0.6 is 0 Å². The van der Waals surface area contributed by atoms with Crippen molar-refractivity contribution < 1.29 is 9.90 Å². The van der Waals surface area contributed by atoms with E-state index in [1.54, 1.807) is 12.4 Å². The van der Waals surface area contributed by atoms with Gasteiger partial charge in [-0.05, 0) is 0 Å². The van der Waals surface area contributed by atoms with E-state index in [9.17, 15) is 9.59 Å². The van der Waals surface area contributed by atoms with E-state index >= 15 is 0 Å². The number of nitrogens with zero attached hydrogens (tertiary/aromatic N) is 3. The number of hydrogen-bond donors (Lipinski definition) is 2. The van der Waals surface area contributed by atoms with Gasteiger partial charge >= 0.3 is 5.97 Å². The van der Waals surface area contributed by atoms with E-state index < -0.39 is 11.5 Å². The lowest BCUT2D eigenvalue weighted by Crippen LogP contribution is -2.16. The molecular formula is C9H8N4O3. The van der Waals surface area contributed by atoms with E-state index in [1.807, 2.05) is 0 Å². The lowest BCUT2D eigenvalue weighted by Gasteiger charge is -2.00. The second kappa shape index (κ2) is 3.97. The highest BCUT2D eigenvalue weighted by Crippen LogP contribution is 1.96. The molecular weight excluding hydrogens is 212 g/mol. The van der Waals surface area contributed by atoms with E-state index in [0.717, 1.165) is 6.07 Å². The van der Waals surface area contributed by atoms with E-state index in [1.165, 1.54) is 11.0 Å². The van der Waals surface area contributed by atoms with Gasteiger partial charge in [0.05, 0.1) is 6.54 Å². The molecule has 0 fully saturated rings. The smallest absolute Gasteiger partial charge is 0.353 e. The first kappa shape index (κ1) is 10.1. The van der Waals surface area contributed by atoms with E-state index in [-0.39, 0.29) is 12.2 Å². The Morgan fingerprint density at radius 2 is 2.12 bits per heavy atom. The van der Waals surface area contributed by atoms with Crippen molar-refractivity contribution >= 4 is 5.97 Å². The topological polar surface area (TPSA) is 101 Å². The van der Waals surface area contributed by atoms with E-state index in [4.69, 9.17) is 5.11 Å². The molecule has 0 aliphatic rings. The Bertz CT molecular complexity index is 558. The zero-order chi connectivity index (χ0) is 11.5. The third-order valence-electron chi connectivity index (χ3n) is 1.97. The third-order valence-corrected chi connectivity index (χ3v) is 1.97. The molecule has 0 aliphatic heterocycles. The summed E-state index contributed by atoms with van der Waals surface area (Å²) in [6.45, 7) is 0.215. The molecule has 2 aromatic heterocycles. The predicted octanol–water partition coefficient (Wildman–Crippen LogP) is -0.287. The van der Waals surface area contributed by atoms with Gasteiger partial charge in [-0.15, -0.1) is 0 Å². The van der Waals surface area contributed by atoms with Crippen LogP contribution in [0.1, 0.15) is 16.1 Å². The van der Waals surface area contributed by atoms with Gasteiger partial charge in [-0.2, -0.15) is 0 Å². The Morgan fingerprint density at radius 1 is 1.44 bits per heavy atom. The Labute approximate surface area is 89.4 Å². The molecule has 2 rings (SSSR count). The van der Waals surface area contributed by atoms with Crippen molar-refractivity contribution in [3.05, 3.63) is 46.4 Å². The van der Waals surface area contributed by atoms with Crippen LogP contribution in [0.3, 0.4) is 0 Å². The first-order valence-electron chi connectivity index (χ1n) is 4.44. The Morgan fingerprint density at radius 3 is 2.69 bits per heavy atom. The maximum atomic E-state index is 11.4. The van der Waals surface area contributed by atoms with Gasteiger partial charge < -0.3 is 5.11 Å². The molecule has 0 aliphatic carbocycles. The van der Waals surface area contributed by atoms with E-state index in [2.05, 4.69) is 15.1 Å². The summed E-state index contributed by atoms with van der Waals surface area (Å²) in [6.07, 6.45) is 4.49. The van der Waals surface area contributed by atoms with Crippen LogP contribution in [-0.2, 0) is 6.54 Å². The Balaban J connectivity index is 2.29. The zero-order valence-corrected chi connectivity index (χ0v) is 8.12. The number of aromatic carboxylic acids is 1. The Hall–Kier alpha value is -2.44. The van der Waals surface area contributed by atoms with Crippen LogP contribution in [0.5, 0.6) is 0 Å². The number of carboxylic acids is 1. The van der Waals surface area contributed by atoms with Crippen molar-refractivity contribution in [1.29, 1.82) is 0 Å². The maximum absolute atomic E-state index is 11.4. The number of carboxylic acid groups (broad SMARTS) is 1. The van der Waals surface area contributed by atoms with Crippen LogP contribution in [0.4, 0.5) is 0 Å². The average Bonchev–Trinajstić information content (AvgIpc) is 2.62. The monoisotopic (exact) mass is 220 g/mol. The first-order valence-corrected chi connectivity index (χ1v) is 4.44. The number of hydrogen-bond acceptors (Lipinski definition) is 4. The minimum absolute atomic E-state index is 0.137. The van der Waals surface area contributed by atoms with Crippen molar-refractivity contribution in [2.75, 3.05) is 0 Å². The van der Waals surface area contributed by atoms with E-state index in [0.29, 0.717) is 5.56 Å². The highest BCUT2D eigenvalue weighted by atomic mass is 16.4. The molecule has 0 atom stereocenters. The van der Waals surface area contributed by atoms with Crippen molar-refractivity contribution in [2.24, 2.45) is 0 Å². The number of carbonyl (C=O) groups is 1.